The fourth-order valence-electron chi connectivity index (χ4n) is 3.06. The van der Waals surface area contributed by atoms with Gasteiger partial charge in [0.1, 0.15) is 5.82 Å². The summed E-state index contributed by atoms with van der Waals surface area (Å²) in [5.74, 6) is 1.58. The Labute approximate surface area is 162 Å². The summed E-state index contributed by atoms with van der Waals surface area (Å²) in [6, 6.07) is 9.16. The number of guanidine groups is 1. The third kappa shape index (κ3) is 5.37. The lowest BCUT2D eigenvalue weighted by Crippen LogP contribution is -2.36. The number of rotatable bonds is 5. The number of alkyl halides is 3. The van der Waals surface area contributed by atoms with E-state index in [0.717, 1.165) is 42.2 Å². The highest BCUT2D eigenvalue weighted by atomic mass is 19.4. The molecule has 1 aliphatic rings. The molecule has 8 heteroatoms. The number of aromatic nitrogens is 1. The van der Waals surface area contributed by atoms with E-state index in [0.29, 0.717) is 19.0 Å². The van der Waals surface area contributed by atoms with Crippen LogP contribution in [0.25, 0.3) is 0 Å². The van der Waals surface area contributed by atoms with Crippen LogP contribution in [0.3, 0.4) is 0 Å². The zero-order chi connectivity index (χ0) is 20.0. The summed E-state index contributed by atoms with van der Waals surface area (Å²) in [5, 5.41) is 6.29. The van der Waals surface area contributed by atoms with Crippen LogP contribution in [0.2, 0.25) is 0 Å². The van der Waals surface area contributed by atoms with Crippen molar-refractivity contribution in [2.45, 2.75) is 32.1 Å². The van der Waals surface area contributed by atoms with Crippen molar-refractivity contribution >= 4 is 11.8 Å². The summed E-state index contributed by atoms with van der Waals surface area (Å²) in [6.45, 7) is 3.06. The Bertz CT molecular complexity index is 779. The highest BCUT2D eigenvalue weighted by Gasteiger charge is 2.29. The molecule has 2 aromatic rings. The Kier molecular flexibility index (Phi) is 6.38. The van der Waals surface area contributed by atoms with E-state index in [2.05, 4.69) is 25.5 Å². The van der Waals surface area contributed by atoms with Crippen molar-refractivity contribution < 1.29 is 13.2 Å². The lowest BCUT2D eigenvalue weighted by Gasteiger charge is -2.16. The number of aliphatic imine (C=N–C) groups is 1. The molecule has 1 fully saturated rings. The summed E-state index contributed by atoms with van der Waals surface area (Å²) in [4.78, 5) is 10.9. The van der Waals surface area contributed by atoms with Crippen LogP contribution in [0.15, 0.2) is 47.6 Å². The molecule has 1 aliphatic heterocycles. The molecule has 0 saturated carbocycles. The van der Waals surface area contributed by atoms with Gasteiger partial charge in [0.05, 0.1) is 5.56 Å². The topological polar surface area (TPSA) is 52.6 Å². The molecule has 0 aliphatic carbocycles. The zero-order valence-corrected chi connectivity index (χ0v) is 15.8. The Hall–Kier alpha value is -2.77. The molecule has 150 valence electrons. The average Bonchev–Trinajstić information content (AvgIpc) is 3.23. The number of halogens is 3. The minimum Gasteiger partial charge on any atom is -0.357 e. The van der Waals surface area contributed by atoms with Crippen LogP contribution in [0.1, 0.15) is 29.5 Å². The molecule has 1 saturated heterocycles. The summed E-state index contributed by atoms with van der Waals surface area (Å²) in [7, 11) is 1.65. The summed E-state index contributed by atoms with van der Waals surface area (Å²) >= 11 is 0. The predicted molar refractivity (Wildman–Crippen MR) is 104 cm³/mol. The van der Waals surface area contributed by atoms with Gasteiger partial charge in [-0.25, -0.2) is 4.98 Å². The molecule has 2 heterocycles. The first-order valence-corrected chi connectivity index (χ1v) is 9.26. The molecule has 1 aromatic heterocycles. The van der Waals surface area contributed by atoms with E-state index in [-0.39, 0.29) is 0 Å². The summed E-state index contributed by atoms with van der Waals surface area (Å²) in [6.07, 6.45) is -0.0382. The van der Waals surface area contributed by atoms with Gasteiger partial charge in [0.25, 0.3) is 0 Å². The maximum Gasteiger partial charge on any atom is 0.416 e. The van der Waals surface area contributed by atoms with Gasteiger partial charge in [-0.15, -0.1) is 0 Å². The molecule has 0 spiro atoms. The van der Waals surface area contributed by atoms with Crippen LogP contribution in [-0.4, -0.2) is 31.1 Å². The second-order valence-corrected chi connectivity index (χ2v) is 6.69. The third-order valence-corrected chi connectivity index (χ3v) is 4.66. The van der Waals surface area contributed by atoms with Gasteiger partial charge < -0.3 is 15.5 Å². The minimum absolute atomic E-state index is 0.379. The quantitative estimate of drug-likeness (QED) is 0.605. The zero-order valence-electron chi connectivity index (χ0n) is 15.8. The van der Waals surface area contributed by atoms with Gasteiger partial charge in [-0.1, -0.05) is 18.2 Å². The predicted octanol–water partition coefficient (Wildman–Crippen LogP) is 3.57. The number of pyridine rings is 1. The van der Waals surface area contributed by atoms with E-state index in [9.17, 15) is 13.2 Å². The monoisotopic (exact) mass is 391 g/mol. The Balaban J connectivity index is 1.48. The van der Waals surface area contributed by atoms with E-state index in [1.54, 1.807) is 7.05 Å². The van der Waals surface area contributed by atoms with Crippen molar-refractivity contribution in [2.24, 2.45) is 4.99 Å². The molecule has 2 N–H and O–H groups in total. The number of anilines is 1. The van der Waals surface area contributed by atoms with Gasteiger partial charge in [0.2, 0.25) is 0 Å². The fourth-order valence-corrected chi connectivity index (χ4v) is 3.06. The van der Waals surface area contributed by atoms with Gasteiger partial charge in [0.15, 0.2) is 5.96 Å². The van der Waals surface area contributed by atoms with Crippen molar-refractivity contribution in [3.05, 3.63) is 59.3 Å². The van der Waals surface area contributed by atoms with Crippen molar-refractivity contribution in [1.82, 2.24) is 15.6 Å². The third-order valence-electron chi connectivity index (χ3n) is 4.66. The van der Waals surface area contributed by atoms with Gasteiger partial charge in [-0.3, -0.25) is 4.99 Å². The molecule has 1 aromatic carbocycles. The van der Waals surface area contributed by atoms with Crippen LogP contribution in [0.5, 0.6) is 0 Å². The number of nitrogens with zero attached hydrogens (tertiary/aromatic N) is 3. The highest BCUT2D eigenvalue weighted by molar-refractivity contribution is 5.79. The smallest absolute Gasteiger partial charge is 0.357 e. The van der Waals surface area contributed by atoms with Gasteiger partial charge in [0, 0.05) is 39.4 Å². The first-order chi connectivity index (χ1) is 13.5. The molecule has 3 rings (SSSR count). The number of nitrogens with one attached hydrogen (secondary N) is 2. The van der Waals surface area contributed by atoms with Crippen LogP contribution in [0, 0.1) is 0 Å². The second kappa shape index (κ2) is 8.95. The number of benzene rings is 1. The standard InChI is InChI=1S/C20H24F3N5/c1-24-19(26-12-15-4-7-17(8-5-15)20(21,22)23)27-14-16-6-9-18(25-13-16)28-10-2-3-11-28/h4-9,13H,2-3,10-12,14H2,1H3,(H2,24,26,27). The number of hydrogen-bond donors (Lipinski definition) is 2. The molecule has 0 radical (unpaired) electrons. The molecule has 0 amide bonds. The second-order valence-electron chi connectivity index (χ2n) is 6.69. The maximum absolute atomic E-state index is 12.6. The van der Waals surface area contributed by atoms with Crippen LogP contribution in [0.4, 0.5) is 19.0 Å². The Morgan fingerprint density at radius 3 is 2.14 bits per heavy atom. The fraction of sp³-hybridized carbons (Fsp3) is 0.400. The molecule has 5 nitrogen and oxygen atoms in total. The van der Waals surface area contributed by atoms with E-state index < -0.39 is 11.7 Å². The van der Waals surface area contributed by atoms with Crippen molar-refractivity contribution in [3.8, 4) is 0 Å². The van der Waals surface area contributed by atoms with Gasteiger partial charge in [-0.05, 0) is 42.2 Å². The lowest BCUT2D eigenvalue weighted by atomic mass is 10.1. The van der Waals surface area contributed by atoms with Crippen LogP contribution >= 0.6 is 0 Å². The first kappa shape index (κ1) is 20.0. The normalized spacial score (nSPS) is 15.0. The molecule has 28 heavy (non-hydrogen) atoms. The first-order valence-electron chi connectivity index (χ1n) is 9.26. The van der Waals surface area contributed by atoms with E-state index in [1.165, 1.54) is 25.0 Å². The van der Waals surface area contributed by atoms with Crippen LogP contribution in [-0.2, 0) is 19.3 Å². The van der Waals surface area contributed by atoms with Crippen molar-refractivity contribution in [2.75, 3.05) is 25.0 Å². The Morgan fingerprint density at radius 1 is 1.00 bits per heavy atom. The highest BCUT2D eigenvalue weighted by Crippen LogP contribution is 2.29. The number of hydrogen-bond acceptors (Lipinski definition) is 3. The van der Waals surface area contributed by atoms with E-state index >= 15 is 0 Å². The molecular formula is C20H24F3N5. The van der Waals surface area contributed by atoms with Crippen molar-refractivity contribution in [1.29, 1.82) is 0 Å². The maximum atomic E-state index is 12.6. The lowest BCUT2D eigenvalue weighted by molar-refractivity contribution is -0.137. The molecule has 0 unspecified atom stereocenters. The van der Waals surface area contributed by atoms with E-state index in [1.807, 2.05) is 18.3 Å². The summed E-state index contributed by atoms with van der Waals surface area (Å²) < 4.78 is 37.8. The molecule has 0 atom stereocenters. The van der Waals surface area contributed by atoms with Crippen LogP contribution < -0.4 is 15.5 Å². The minimum atomic E-state index is -4.32. The Morgan fingerprint density at radius 2 is 1.61 bits per heavy atom. The molecule has 0 bridgehead atoms. The SMILES string of the molecule is CN=C(NCc1ccc(C(F)(F)F)cc1)NCc1ccc(N2CCCC2)nc1. The summed E-state index contributed by atoms with van der Waals surface area (Å²) in [5.41, 5.74) is 1.12. The van der Waals surface area contributed by atoms with Gasteiger partial charge in [-0.2, -0.15) is 13.2 Å². The average molecular weight is 391 g/mol. The largest absolute Gasteiger partial charge is 0.416 e. The molecular weight excluding hydrogens is 367 g/mol. The van der Waals surface area contributed by atoms with E-state index in [4.69, 9.17) is 0 Å². The van der Waals surface area contributed by atoms with Crippen molar-refractivity contribution in [3.63, 3.8) is 0 Å². The van der Waals surface area contributed by atoms with Gasteiger partial charge >= 0.3 is 6.18 Å².